The van der Waals surface area contributed by atoms with Crippen LogP contribution in [0.15, 0.2) is 48.8 Å². The quantitative estimate of drug-likeness (QED) is 0.861. The molecule has 1 amide bonds. The van der Waals surface area contributed by atoms with Crippen LogP contribution in [0.3, 0.4) is 0 Å². The lowest BCUT2D eigenvalue weighted by molar-refractivity contribution is 0.0607. The van der Waals surface area contributed by atoms with Crippen LogP contribution in [0.2, 0.25) is 0 Å². The predicted molar refractivity (Wildman–Crippen MR) is 102 cm³/mol. The summed E-state index contributed by atoms with van der Waals surface area (Å²) in [5.74, 6) is 0.116. The minimum absolute atomic E-state index is 0.116. The number of carbonyl (C=O) groups excluding carboxylic acids is 1. The maximum atomic E-state index is 12.9. The summed E-state index contributed by atoms with van der Waals surface area (Å²) in [6, 6.07) is 12.7. The van der Waals surface area contributed by atoms with Gasteiger partial charge in [-0.3, -0.25) is 9.78 Å². The second-order valence-electron chi connectivity index (χ2n) is 6.68. The molecular formula is C21H27N3O. The van der Waals surface area contributed by atoms with E-state index in [-0.39, 0.29) is 5.91 Å². The van der Waals surface area contributed by atoms with Crippen LogP contribution >= 0.6 is 0 Å². The van der Waals surface area contributed by atoms with Crippen molar-refractivity contribution in [3.63, 3.8) is 0 Å². The molecule has 2 heterocycles. The van der Waals surface area contributed by atoms with Crippen molar-refractivity contribution < 1.29 is 4.79 Å². The van der Waals surface area contributed by atoms with Crippen molar-refractivity contribution in [3.8, 4) is 0 Å². The van der Waals surface area contributed by atoms with Crippen molar-refractivity contribution in [2.24, 2.45) is 0 Å². The van der Waals surface area contributed by atoms with Gasteiger partial charge in [-0.25, -0.2) is 0 Å². The van der Waals surface area contributed by atoms with Crippen molar-refractivity contribution in [1.29, 1.82) is 0 Å². The third-order valence-corrected chi connectivity index (χ3v) is 4.93. The first kappa shape index (κ1) is 17.5. The molecule has 1 aliphatic heterocycles. The van der Waals surface area contributed by atoms with E-state index in [1.807, 2.05) is 17.0 Å². The Morgan fingerprint density at radius 2 is 2.08 bits per heavy atom. The first-order valence-corrected chi connectivity index (χ1v) is 9.31. The van der Waals surface area contributed by atoms with E-state index >= 15 is 0 Å². The summed E-state index contributed by atoms with van der Waals surface area (Å²) in [5, 5.41) is 3.38. The van der Waals surface area contributed by atoms with Crippen LogP contribution in [0, 0.1) is 0 Å². The summed E-state index contributed by atoms with van der Waals surface area (Å²) in [6.45, 7) is 3.85. The molecule has 4 heteroatoms. The van der Waals surface area contributed by atoms with Crippen LogP contribution in [0.25, 0.3) is 0 Å². The highest BCUT2D eigenvalue weighted by Gasteiger charge is 2.26. The zero-order valence-electron chi connectivity index (χ0n) is 14.9. The molecule has 3 rings (SSSR count). The fraction of sp³-hybridized carbons (Fsp3) is 0.429. The zero-order valence-corrected chi connectivity index (χ0v) is 14.9. The third kappa shape index (κ3) is 4.59. The number of aromatic nitrogens is 1. The Morgan fingerprint density at radius 1 is 1.24 bits per heavy atom. The van der Waals surface area contributed by atoms with Gasteiger partial charge in [0, 0.05) is 31.5 Å². The first-order valence-electron chi connectivity index (χ1n) is 9.31. The van der Waals surface area contributed by atoms with Gasteiger partial charge in [-0.2, -0.15) is 0 Å². The van der Waals surface area contributed by atoms with Crippen LogP contribution in [0.4, 0.5) is 5.69 Å². The van der Waals surface area contributed by atoms with Gasteiger partial charge in [0.25, 0.3) is 5.91 Å². The lowest BCUT2D eigenvalue weighted by atomic mass is 9.99. The Hall–Kier alpha value is -2.36. The van der Waals surface area contributed by atoms with Crippen LogP contribution in [-0.2, 0) is 6.42 Å². The van der Waals surface area contributed by atoms with Crippen molar-refractivity contribution in [3.05, 3.63) is 59.9 Å². The molecule has 1 aromatic heterocycles. The van der Waals surface area contributed by atoms with E-state index in [9.17, 15) is 4.79 Å². The van der Waals surface area contributed by atoms with Crippen LogP contribution in [0.5, 0.6) is 0 Å². The fourth-order valence-electron chi connectivity index (χ4n) is 3.51. The SMILES string of the molecule is CCC1CCCCN1C(=O)c1cncc(NCCc2ccccc2)c1. The number of nitrogens with zero attached hydrogens (tertiary/aromatic N) is 2. The van der Waals surface area contributed by atoms with E-state index < -0.39 is 0 Å². The van der Waals surface area contributed by atoms with Crippen LogP contribution < -0.4 is 5.32 Å². The number of nitrogens with one attached hydrogen (secondary N) is 1. The van der Waals surface area contributed by atoms with Gasteiger partial charge in [-0.05, 0) is 43.7 Å². The van der Waals surface area contributed by atoms with Gasteiger partial charge in [0.15, 0.2) is 0 Å². The number of piperidine rings is 1. The van der Waals surface area contributed by atoms with Gasteiger partial charge < -0.3 is 10.2 Å². The molecule has 1 unspecified atom stereocenters. The normalized spacial score (nSPS) is 17.3. The second-order valence-corrected chi connectivity index (χ2v) is 6.68. The Bertz CT molecular complexity index is 687. The molecule has 132 valence electrons. The van der Waals surface area contributed by atoms with Crippen molar-refractivity contribution in [2.45, 2.75) is 45.1 Å². The van der Waals surface area contributed by atoms with E-state index in [0.717, 1.165) is 44.5 Å². The van der Waals surface area contributed by atoms with E-state index in [4.69, 9.17) is 0 Å². The maximum Gasteiger partial charge on any atom is 0.255 e. The van der Waals surface area contributed by atoms with Crippen molar-refractivity contribution >= 4 is 11.6 Å². The molecule has 0 radical (unpaired) electrons. The van der Waals surface area contributed by atoms with E-state index in [2.05, 4.69) is 41.5 Å². The molecule has 4 nitrogen and oxygen atoms in total. The van der Waals surface area contributed by atoms with Crippen molar-refractivity contribution in [1.82, 2.24) is 9.88 Å². The summed E-state index contributed by atoms with van der Waals surface area (Å²) < 4.78 is 0. The maximum absolute atomic E-state index is 12.9. The number of benzene rings is 1. The van der Waals surface area contributed by atoms with Gasteiger partial charge in [-0.15, -0.1) is 0 Å². The van der Waals surface area contributed by atoms with Crippen molar-refractivity contribution in [2.75, 3.05) is 18.4 Å². The molecule has 1 fully saturated rings. The Kier molecular flexibility index (Phi) is 6.04. The van der Waals surface area contributed by atoms with Crippen LogP contribution in [0.1, 0.15) is 48.5 Å². The topological polar surface area (TPSA) is 45.2 Å². The van der Waals surface area contributed by atoms with Gasteiger partial charge >= 0.3 is 0 Å². The number of amides is 1. The molecule has 1 atom stereocenters. The van der Waals surface area contributed by atoms with Gasteiger partial charge in [-0.1, -0.05) is 37.3 Å². The smallest absolute Gasteiger partial charge is 0.255 e. The summed E-state index contributed by atoms with van der Waals surface area (Å²) in [5.41, 5.74) is 2.89. The van der Waals surface area contributed by atoms with Gasteiger partial charge in [0.2, 0.25) is 0 Å². The third-order valence-electron chi connectivity index (χ3n) is 4.93. The molecule has 1 saturated heterocycles. The van der Waals surface area contributed by atoms with E-state index in [1.165, 1.54) is 12.0 Å². The standard InChI is InChI=1S/C21H27N3O/c1-2-20-10-6-7-13-24(20)21(25)18-14-19(16-22-15-18)23-12-11-17-8-4-3-5-9-17/h3-5,8-9,14-16,20,23H,2,6-7,10-13H2,1H3. The average Bonchev–Trinajstić information content (AvgIpc) is 2.68. The van der Waals surface area contributed by atoms with E-state index in [1.54, 1.807) is 12.4 Å². The molecule has 0 bridgehead atoms. The Balaban J connectivity index is 1.61. The average molecular weight is 337 g/mol. The highest BCUT2D eigenvalue weighted by molar-refractivity contribution is 5.95. The lowest BCUT2D eigenvalue weighted by Crippen LogP contribution is -2.43. The second kappa shape index (κ2) is 8.65. The van der Waals surface area contributed by atoms with Gasteiger partial charge in [0.05, 0.1) is 11.3 Å². The summed E-state index contributed by atoms with van der Waals surface area (Å²) in [7, 11) is 0. The van der Waals surface area contributed by atoms with Crippen LogP contribution in [-0.4, -0.2) is 34.9 Å². The monoisotopic (exact) mass is 337 g/mol. The molecule has 0 aliphatic carbocycles. The summed E-state index contributed by atoms with van der Waals surface area (Å²) >= 11 is 0. The number of carbonyl (C=O) groups is 1. The number of likely N-dealkylation sites (tertiary alicyclic amines) is 1. The highest BCUT2D eigenvalue weighted by atomic mass is 16.2. The highest BCUT2D eigenvalue weighted by Crippen LogP contribution is 2.22. The molecular weight excluding hydrogens is 310 g/mol. The molecule has 0 spiro atoms. The molecule has 0 saturated carbocycles. The lowest BCUT2D eigenvalue weighted by Gasteiger charge is -2.35. The molecule has 1 N–H and O–H groups in total. The predicted octanol–water partition coefficient (Wildman–Crippen LogP) is 4.14. The Morgan fingerprint density at radius 3 is 2.88 bits per heavy atom. The number of rotatable bonds is 6. The largest absolute Gasteiger partial charge is 0.383 e. The summed E-state index contributed by atoms with van der Waals surface area (Å²) in [4.78, 5) is 19.2. The fourth-order valence-corrected chi connectivity index (χ4v) is 3.51. The molecule has 1 aromatic carbocycles. The molecule has 25 heavy (non-hydrogen) atoms. The van der Waals surface area contributed by atoms with E-state index in [0.29, 0.717) is 11.6 Å². The minimum atomic E-state index is 0.116. The first-order chi connectivity index (χ1) is 12.3. The number of pyridine rings is 1. The number of hydrogen-bond acceptors (Lipinski definition) is 3. The molecule has 1 aliphatic rings. The minimum Gasteiger partial charge on any atom is -0.383 e. The number of anilines is 1. The molecule has 2 aromatic rings. The Labute approximate surface area is 150 Å². The van der Waals surface area contributed by atoms with Gasteiger partial charge in [0.1, 0.15) is 0 Å². The summed E-state index contributed by atoms with van der Waals surface area (Å²) in [6.07, 6.45) is 8.88. The zero-order chi connectivity index (χ0) is 17.5. The number of hydrogen-bond donors (Lipinski definition) is 1.